The van der Waals surface area contributed by atoms with Gasteiger partial charge in [-0.3, -0.25) is 0 Å². The van der Waals surface area contributed by atoms with Crippen molar-refractivity contribution in [3.63, 3.8) is 0 Å². The van der Waals surface area contributed by atoms with Crippen LogP contribution in [-0.4, -0.2) is 168 Å². The number of aliphatic hydroxyl groups is 11. The third kappa shape index (κ3) is 5.37. The van der Waals surface area contributed by atoms with Crippen molar-refractivity contribution in [2.24, 2.45) is 0 Å². The largest absolute Gasteiger partial charge is 0.394 e. The highest BCUT2D eigenvalue weighted by Gasteiger charge is 2.53. The second-order valence-corrected chi connectivity index (χ2v) is 8.33. The Morgan fingerprint density at radius 3 is 1.26 bits per heavy atom. The minimum absolute atomic E-state index is 0.762. The van der Waals surface area contributed by atoms with Gasteiger partial charge in [0.2, 0.25) is 0 Å². The first-order valence-corrected chi connectivity index (χ1v) is 10.6. The predicted molar refractivity (Wildman–Crippen MR) is 101 cm³/mol. The number of hydrogen-bond donors (Lipinski definition) is 11. The van der Waals surface area contributed by atoms with Crippen LogP contribution in [0.15, 0.2) is 0 Å². The van der Waals surface area contributed by atoms with Crippen molar-refractivity contribution in [3.8, 4) is 0 Å². The molecule has 0 aliphatic carbocycles. The van der Waals surface area contributed by atoms with Crippen LogP contribution in [0.3, 0.4) is 0 Å². The molecule has 0 aromatic rings. The van der Waals surface area contributed by atoms with Gasteiger partial charge in [0.15, 0.2) is 18.9 Å². The maximum absolute atomic E-state index is 10.5. The third-order valence-corrected chi connectivity index (χ3v) is 6.09. The molecule has 0 bridgehead atoms. The molecule has 0 aromatic heterocycles. The standard InChI is InChI=1S/C18H32O16/c19-1-4-7(22)9(24)11(26)17(31-4)33-14-6(3-21)30-16(29)13(28)15(14)34-18-12(27)10(25)8(23)5(2-20)32-18/h4-29H,1-3H2/t4-,5-,6-,7-,8-,9+,10+,11-,12+,13-,14+,15-,16-,17-,18-/m1/s1. The van der Waals surface area contributed by atoms with Gasteiger partial charge < -0.3 is 79.9 Å². The van der Waals surface area contributed by atoms with Crippen LogP contribution in [0.4, 0.5) is 0 Å². The number of hydrogen-bond acceptors (Lipinski definition) is 16. The molecule has 3 aliphatic rings. The minimum Gasteiger partial charge on any atom is -0.394 e. The van der Waals surface area contributed by atoms with Gasteiger partial charge in [-0.05, 0) is 0 Å². The summed E-state index contributed by atoms with van der Waals surface area (Å²) < 4.78 is 26.7. The molecule has 3 aliphatic heterocycles. The van der Waals surface area contributed by atoms with E-state index in [0.29, 0.717) is 0 Å². The van der Waals surface area contributed by atoms with Crippen LogP contribution < -0.4 is 0 Å². The van der Waals surface area contributed by atoms with E-state index in [-0.39, 0.29) is 0 Å². The fourth-order valence-electron chi connectivity index (χ4n) is 4.04. The van der Waals surface area contributed by atoms with Crippen LogP contribution >= 0.6 is 0 Å². The number of aliphatic hydroxyl groups excluding tert-OH is 11. The van der Waals surface area contributed by atoms with Crippen LogP contribution in [0.2, 0.25) is 0 Å². The van der Waals surface area contributed by atoms with Crippen LogP contribution in [-0.2, 0) is 23.7 Å². The summed E-state index contributed by atoms with van der Waals surface area (Å²) in [4.78, 5) is 0. The molecule has 0 spiro atoms. The van der Waals surface area contributed by atoms with Gasteiger partial charge in [-0.2, -0.15) is 0 Å². The van der Waals surface area contributed by atoms with E-state index < -0.39 is 112 Å². The van der Waals surface area contributed by atoms with Crippen LogP contribution in [0, 0.1) is 0 Å². The molecule has 3 heterocycles. The zero-order chi connectivity index (χ0) is 25.3. The molecule has 0 amide bonds. The molecule has 3 fully saturated rings. The molecule has 0 unspecified atom stereocenters. The lowest BCUT2D eigenvalue weighted by molar-refractivity contribution is -0.383. The third-order valence-electron chi connectivity index (χ3n) is 6.09. The molecule has 0 saturated carbocycles. The molecule has 0 radical (unpaired) electrons. The van der Waals surface area contributed by atoms with E-state index in [1.165, 1.54) is 0 Å². The zero-order valence-corrected chi connectivity index (χ0v) is 17.7. The lowest BCUT2D eigenvalue weighted by Gasteiger charge is -2.48. The molecule has 3 rings (SSSR count). The fraction of sp³-hybridized carbons (Fsp3) is 1.00. The Labute approximate surface area is 192 Å². The molecule has 11 N–H and O–H groups in total. The quantitative estimate of drug-likeness (QED) is 0.154. The van der Waals surface area contributed by atoms with Crippen LogP contribution in [0.25, 0.3) is 0 Å². The van der Waals surface area contributed by atoms with E-state index in [9.17, 15) is 56.2 Å². The lowest BCUT2D eigenvalue weighted by Crippen LogP contribution is -2.67. The second kappa shape index (κ2) is 11.6. The fourth-order valence-corrected chi connectivity index (χ4v) is 4.04. The van der Waals surface area contributed by atoms with Crippen molar-refractivity contribution in [1.29, 1.82) is 0 Å². The normalized spacial score (nSPS) is 52.5. The van der Waals surface area contributed by atoms with Crippen molar-refractivity contribution >= 4 is 0 Å². The number of rotatable bonds is 7. The predicted octanol–water partition coefficient (Wildman–Crippen LogP) is -7.57. The molecule has 16 heteroatoms. The highest BCUT2D eigenvalue weighted by molar-refractivity contribution is 4.96. The summed E-state index contributed by atoms with van der Waals surface area (Å²) in [5, 5.41) is 109. The smallest absolute Gasteiger partial charge is 0.187 e. The highest BCUT2D eigenvalue weighted by Crippen LogP contribution is 2.32. The van der Waals surface area contributed by atoms with Crippen molar-refractivity contribution in [1.82, 2.24) is 0 Å². The van der Waals surface area contributed by atoms with Crippen molar-refractivity contribution < 1.29 is 79.9 Å². The Bertz CT molecular complexity index is 599. The Morgan fingerprint density at radius 2 is 0.853 bits per heavy atom. The summed E-state index contributed by atoms with van der Waals surface area (Å²) in [5.41, 5.74) is 0. The lowest BCUT2D eigenvalue weighted by atomic mass is 9.96. The molecule has 34 heavy (non-hydrogen) atoms. The average molecular weight is 504 g/mol. The first-order chi connectivity index (χ1) is 16.0. The summed E-state index contributed by atoms with van der Waals surface area (Å²) in [6.45, 7) is -2.35. The van der Waals surface area contributed by atoms with Crippen LogP contribution in [0.5, 0.6) is 0 Å². The Hall–Kier alpha value is -0.640. The van der Waals surface area contributed by atoms with Gasteiger partial charge in [0.25, 0.3) is 0 Å². The van der Waals surface area contributed by atoms with E-state index in [1.54, 1.807) is 0 Å². The van der Waals surface area contributed by atoms with Gasteiger partial charge >= 0.3 is 0 Å². The van der Waals surface area contributed by atoms with Gasteiger partial charge in [0.05, 0.1) is 19.8 Å². The summed E-state index contributed by atoms with van der Waals surface area (Å²) in [5.74, 6) is 0. The molecule has 16 nitrogen and oxygen atoms in total. The van der Waals surface area contributed by atoms with E-state index in [0.717, 1.165) is 0 Å². The molecule has 200 valence electrons. The average Bonchev–Trinajstić information content (AvgIpc) is 2.83. The Morgan fingerprint density at radius 1 is 0.441 bits per heavy atom. The van der Waals surface area contributed by atoms with E-state index >= 15 is 0 Å². The van der Waals surface area contributed by atoms with E-state index in [2.05, 4.69) is 0 Å². The topological polar surface area (TPSA) is 269 Å². The SMILES string of the molecule is OC[C@H]1O[C@H](O[C@@H]2[C@@H](O)[C@H](O)O[C@H](CO)[C@@H]2O[C@H]2O[C@H](CO)[C@@H](O)[C@H](O)[C@H]2O)[C@@H](O)[C@@H](O)[C@@H]1O. The van der Waals surface area contributed by atoms with E-state index in [1.807, 2.05) is 0 Å². The van der Waals surface area contributed by atoms with Crippen LogP contribution in [0.1, 0.15) is 0 Å². The maximum atomic E-state index is 10.5. The molecular weight excluding hydrogens is 472 g/mol. The first kappa shape index (κ1) is 27.9. The second-order valence-electron chi connectivity index (χ2n) is 8.33. The van der Waals surface area contributed by atoms with Crippen molar-refractivity contribution in [2.75, 3.05) is 19.8 Å². The van der Waals surface area contributed by atoms with Gasteiger partial charge in [0.1, 0.15) is 73.2 Å². The summed E-state index contributed by atoms with van der Waals surface area (Å²) in [7, 11) is 0. The van der Waals surface area contributed by atoms with Crippen molar-refractivity contribution in [3.05, 3.63) is 0 Å². The number of ether oxygens (including phenoxy) is 5. The summed E-state index contributed by atoms with van der Waals surface area (Å²) >= 11 is 0. The molecule has 15 atom stereocenters. The van der Waals surface area contributed by atoms with Gasteiger partial charge in [-0.25, -0.2) is 0 Å². The van der Waals surface area contributed by atoms with Crippen molar-refractivity contribution in [2.45, 2.75) is 92.1 Å². The highest BCUT2D eigenvalue weighted by atomic mass is 16.8. The monoisotopic (exact) mass is 504 g/mol. The molecular formula is C18H32O16. The molecule has 3 saturated heterocycles. The Kier molecular flexibility index (Phi) is 9.54. The first-order valence-electron chi connectivity index (χ1n) is 10.6. The maximum Gasteiger partial charge on any atom is 0.187 e. The summed E-state index contributed by atoms with van der Waals surface area (Å²) in [6, 6.07) is 0. The molecule has 0 aromatic carbocycles. The van der Waals surface area contributed by atoms with Gasteiger partial charge in [-0.1, -0.05) is 0 Å². The Balaban J connectivity index is 1.84. The van der Waals surface area contributed by atoms with E-state index in [4.69, 9.17) is 23.7 Å². The van der Waals surface area contributed by atoms with Gasteiger partial charge in [-0.15, -0.1) is 0 Å². The van der Waals surface area contributed by atoms with Gasteiger partial charge in [0, 0.05) is 0 Å². The summed E-state index contributed by atoms with van der Waals surface area (Å²) in [6.07, 6.45) is -25.6. The minimum atomic E-state index is -1.93. The zero-order valence-electron chi connectivity index (χ0n) is 17.7.